The molecule has 0 radical (unpaired) electrons. The summed E-state index contributed by atoms with van der Waals surface area (Å²) in [4.78, 5) is 10.3. The predicted octanol–water partition coefficient (Wildman–Crippen LogP) is 0.320. The third kappa shape index (κ3) is 5.46. The van der Waals surface area contributed by atoms with Gasteiger partial charge in [-0.2, -0.15) is 0 Å². The van der Waals surface area contributed by atoms with E-state index in [9.17, 15) is 4.79 Å². The fourth-order valence-corrected chi connectivity index (χ4v) is 0.497. The lowest BCUT2D eigenvalue weighted by atomic mass is 10.3. The van der Waals surface area contributed by atoms with Gasteiger partial charge in [-0.25, -0.2) is 0 Å². The van der Waals surface area contributed by atoms with Gasteiger partial charge >= 0.3 is 0 Å². The summed E-state index contributed by atoms with van der Waals surface area (Å²) in [6, 6.07) is 0. The highest BCUT2D eigenvalue weighted by molar-refractivity contribution is 5.75. The fourth-order valence-electron chi connectivity index (χ4n) is 0.497. The van der Waals surface area contributed by atoms with Crippen molar-refractivity contribution < 1.29 is 14.6 Å². The molecule has 0 bridgehead atoms. The maximum atomic E-state index is 10.3. The van der Waals surface area contributed by atoms with Crippen molar-refractivity contribution in [2.45, 2.75) is 26.6 Å². The van der Waals surface area contributed by atoms with Crippen LogP contribution in [0, 0.1) is 0 Å². The SMILES string of the molecule is CCOC(O)CC(C)=O. The van der Waals surface area contributed by atoms with Gasteiger partial charge in [-0.1, -0.05) is 0 Å². The van der Waals surface area contributed by atoms with E-state index in [1.54, 1.807) is 6.92 Å². The lowest BCUT2D eigenvalue weighted by Crippen LogP contribution is -2.14. The van der Waals surface area contributed by atoms with Crippen LogP contribution < -0.4 is 0 Å². The Balaban J connectivity index is 3.26. The molecule has 0 aromatic rings. The average molecular weight is 132 g/mol. The van der Waals surface area contributed by atoms with Gasteiger partial charge < -0.3 is 9.84 Å². The Morgan fingerprint density at radius 1 is 1.78 bits per heavy atom. The molecule has 0 saturated heterocycles. The molecule has 9 heavy (non-hydrogen) atoms. The summed E-state index contributed by atoms with van der Waals surface area (Å²) >= 11 is 0. The van der Waals surface area contributed by atoms with Crippen molar-refractivity contribution in [3.8, 4) is 0 Å². The number of hydrogen-bond acceptors (Lipinski definition) is 3. The number of ether oxygens (including phenoxy) is 1. The van der Waals surface area contributed by atoms with Crippen molar-refractivity contribution in [2.24, 2.45) is 0 Å². The van der Waals surface area contributed by atoms with Crippen LogP contribution in [0.4, 0.5) is 0 Å². The molecule has 54 valence electrons. The Hall–Kier alpha value is -0.410. The molecule has 0 amide bonds. The van der Waals surface area contributed by atoms with Gasteiger partial charge in [-0.15, -0.1) is 0 Å². The zero-order valence-electron chi connectivity index (χ0n) is 5.76. The van der Waals surface area contributed by atoms with Gasteiger partial charge in [0.15, 0.2) is 6.29 Å². The van der Waals surface area contributed by atoms with E-state index in [1.807, 2.05) is 0 Å². The van der Waals surface area contributed by atoms with Crippen LogP contribution in [0.15, 0.2) is 0 Å². The molecule has 0 fully saturated rings. The van der Waals surface area contributed by atoms with E-state index >= 15 is 0 Å². The Morgan fingerprint density at radius 2 is 2.33 bits per heavy atom. The standard InChI is InChI=1S/C6H12O3/c1-3-9-6(8)4-5(2)7/h6,8H,3-4H2,1-2H3. The zero-order chi connectivity index (χ0) is 7.28. The Morgan fingerprint density at radius 3 is 2.67 bits per heavy atom. The van der Waals surface area contributed by atoms with Gasteiger partial charge in [0.25, 0.3) is 0 Å². The van der Waals surface area contributed by atoms with Crippen LogP contribution in [0.2, 0.25) is 0 Å². The van der Waals surface area contributed by atoms with Gasteiger partial charge in [-0.3, -0.25) is 4.79 Å². The molecule has 0 spiro atoms. The number of aliphatic hydroxyl groups is 1. The number of rotatable bonds is 4. The topological polar surface area (TPSA) is 46.5 Å². The molecule has 1 unspecified atom stereocenters. The molecule has 0 aromatic heterocycles. The lowest BCUT2D eigenvalue weighted by molar-refractivity contribution is -0.133. The molecule has 0 rings (SSSR count). The van der Waals surface area contributed by atoms with E-state index < -0.39 is 6.29 Å². The predicted molar refractivity (Wildman–Crippen MR) is 32.9 cm³/mol. The van der Waals surface area contributed by atoms with E-state index in [4.69, 9.17) is 5.11 Å². The first-order chi connectivity index (χ1) is 4.16. The van der Waals surface area contributed by atoms with Crippen LogP contribution in [-0.2, 0) is 9.53 Å². The third-order valence-electron chi connectivity index (χ3n) is 0.821. The maximum Gasteiger partial charge on any atom is 0.161 e. The first-order valence-corrected chi connectivity index (χ1v) is 2.96. The average Bonchev–Trinajstić information content (AvgIpc) is 1.63. The largest absolute Gasteiger partial charge is 0.368 e. The molecule has 0 aromatic carbocycles. The van der Waals surface area contributed by atoms with Crippen LogP contribution in [0.3, 0.4) is 0 Å². The van der Waals surface area contributed by atoms with E-state index in [0.717, 1.165) is 0 Å². The summed E-state index contributed by atoms with van der Waals surface area (Å²) in [5.74, 6) is -0.0593. The minimum atomic E-state index is -0.910. The van der Waals surface area contributed by atoms with E-state index in [2.05, 4.69) is 4.74 Å². The quantitative estimate of drug-likeness (QED) is 0.560. The van der Waals surface area contributed by atoms with Gasteiger partial charge in [0.1, 0.15) is 5.78 Å². The molecule has 0 aliphatic heterocycles. The Labute approximate surface area is 54.6 Å². The molecule has 3 nitrogen and oxygen atoms in total. The van der Waals surface area contributed by atoms with Crippen LogP contribution >= 0.6 is 0 Å². The number of aliphatic hydroxyl groups excluding tert-OH is 1. The summed E-state index contributed by atoms with van der Waals surface area (Å²) < 4.78 is 4.69. The normalized spacial score (nSPS) is 13.2. The molecule has 3 heteroatoms. The highest BCUT2D eigenvalue weighted by Gasteiger charge is 2.04. The fraction of sp³-hybridized carbons (Fsp3) is 0.833. The lowest BCUT2D eigenvalue weighted by Gasteiger charge is -2.06. The first kappa shape index (κ1) is 8.59. The summed E-state index contributed by atoms with van der Waals surface area (Å²) in [6.07, 6.45) is -0.819. The first-order valence-electron chi connectivity index (χ1n) is 2.96. The van der Waals surface area contributed by atoms with Gasteiger partial charge in [0.2, 0.25) is 0 Å². The molecule has 1 atom stereocenters. The monoisotopic (exact) mass is 132 g/mol. The molecule has 0 heterocycles. The second-order valence-corrected chi connectivity index (χ2v) is 1.82. The summed E-state index contributed by atoms with van der Waals surface area (Å²) in [7, 11) is 0. The molecule has 0 saturated carbocycles. The van der Waals surface area contributed by atoms with Crippen molar-refractivity contribution in [1.82, 2.24) is 0 Å². The summed E-state index contributed by atoms with van der Waals surface area (Å²) in [5, 5.41) is 8.78. The molecular weight excluding hydrogens is 120 g/mol. The minimum absolute atomic E-state index is 0.0593. The van der Waals surface area contributed by atoms with Crippen LogP contribution in [-0.4, -0.2) is 23.8 Å². The van der Waals surface area contributed by atoms with Gasteiger partial charge in [0.05, 0.1) is 6.42 Å². The van der Waals surface area contributed by atoms with Crippen LogP contribution in [0.5, 0.6) is 0 Å². The van der Waals surface area contributed by atoms with Crippen molar-refractivity contribution in [3.63, 3.8) is 0 Å². The van der Waals surface area contributed by atoms with Crippen molar-refractivity contribution in [2.75, 3.05) is 6.61 Å². The number of Topliss-reactive ketones (excluding diaryl/α,β-unsaturated/α-hetero) is 1. The highest BCUT2D eigenvalue weighted by Crippen LogP contribution is 1.93. The number of ketones is 1. The second kappa shape index (κ2) is 4.47. The third-order valence-corrected chi connectivity index (χ3v) is 0.821. The van der Waals surface area contributed by atoms with Gasteiger partial charge in [0, 0.05) is 6.61 Å². The smallest absolute Gasteiger partial charge is 0.161 e. The molecule has 0 aliphatic carbocycles. The molecular formula is C6H12O3. The summed E-state index contributed by atoms with van der Waals surface area (Å²) in [6.45, 7) is 3.63. The van der Waals surface area contributed by atoms with Crippen molar-refractivity contribution in [1.29, 1.82) is 0 Å². The Bertz CT molecular complexity index is 90.3. The molecule has 0 aliphatic rings. The van der Waals surface area contributed by atoms with Crippen molar-refractivity contribution in [3.05, 3.63) is 0 Å². The summed E-state index contributed by atoms with van der Waals surface area (Å²) in [5.41, 5.74) is 0. The maximum absolute atomic E-state index is 10.3. The van der Waals surface area contributed by atoms with Gasteiger partial charge in [-0.05, 0) is 13.8 Å². The molecule has 1 N–H and O–H groups in total. The number of carbonyl (C=O) groups excluding carboxylic acids is 1. The Kier molecular flexibility index (Phi) is 4.26. The number of carbonyl (C=O) groups is 1. The van der Waals surface area contributed by atoms with E-state index in [1.165, 1.54) is 6.92 Å². The van der Waals surface area contributed by atoms with E-state index in [0.29, 0.717) is 6.61 Å². The minimum Gasteiger partial charge on any atom is -0.368 e. The van der Waals surface area contributed by atoms with Crippen LogP contribution in [0.1, 0.15) is 20.3 Å². The second-order valence-electron chi connectivity index (χ2n) is 1.82. The zero-order valence-corrected chi connectivity index (χ0v) is 5.76. The number of hydrogen-bond donors (Lipinski definition) is 1. The van der Waals surface area contributed by atoms with Crippen LogP contribution in [0.25, 0.3) is 0 Å². The highest BCUT2D eigenvalue weighted by atomic mass is 16.6. The van der Waals surface area contributed by atoms with E-state index in [-0.39, 0.29) is 12.2 Å². The van der Waals surface area contributed by atoms with Crippen molar-refractivity contribution >= 4 is 5.78 Å².